The third-order valence-electron chi connectivity index (χ3n) is 1.52. The third kappa shape index (κ3) is 2.57. The molecule has 0 amide bonds. The van der Waals surface area contributed by atoms with Crippen molar-refractivity contribution in [3.8, 4) is 0 Å². The van der Waals surface area contributed by atoms with Crippen LogP contribution in [0.1, 0.15) is 5.56 Å². The van der Waals surface area contributed by atoms with E-state index in [-0.39, 0.29) is 11.3 Å². The Morgan fingerprint density at radius 2 is 2.21 bits per heavy atom. The molecule has 0 aliphatic carbocycles. The van der Waals surface area contributed by atoms with Crippen LogP contribution in [-0.4, -0.2) is 13.7 Å². The molecular formula is C7H6FNO4S. The van der Waals surface area contributed by atoms with Crippen LogP contribution in [0.25, 0.3) is 0 Å². The molecule has 0 fully saturated rings. The summed E-state index contributed by atoms with van der Waals surface area (Å²) in [6.45, 7) is 0. The van der Waals surface area contributed by atoms with Gasteiger partial charge in [-0.25, -0.2) is 8.60 Å². The smallest absolute Gasteiger partial charge is 0.276 e. The number of hydrogen-bond acceptors (Lipinski definition) is 3. The van der Waals surface area contributed by atoms with E-state index in [2.05, 4.69) is 0 Å². The summed E-state index contributed by atoms with van der Waals surface area (Å²) in [7, 11) is 0. The van der Waals surface area contributed by atoms with Gasteiger partial charge in [-0.1, -0.05) is 0 Å². The summed E-state index contributed by atoms with van der Waals surface area (Å²) in [4.78, 5) is 9.63. The molecule has 7 heteroatoms. The Morgan fingerprint density at radius 1 is 1.57 bits per heavy atom. The van der Waals surface area contributed by atoms with Crippen LogP contribution in [0.15, 0.2) is 18.2 Å². The van der Waals surface area contributed by atoms with Gasteiger partial charge < -0.3 is 4.55 Å². The number of nitro groups is 1. The lowest BCUT2D eigenvalue weighted by Crippen LogP contribution is -1.99. The second-order valence-electron chi connectivity index (χ2n) is 2.50. The molecular weight excluding hydrogens is 213 g/mol. The highest BCUT2D eigenvalue weighted by molar-refractivity contribution is 7.78. The van der Waals surface area contributed by atoms with E-state index < -0.39 is 27.5 Å². The van der Waals surface area contributed by atoms with E-state index in [1.165, 1.54) is 0 Å². The fourth-order valence-electron chi connectivity index (χ4n) is 0.962. The lowest BCUT2D eigenvalue weighted by atomic mass is 10.2. The molecule has 0 aliphatic heterocycles. The minimum Gasteiger partial charge on any atom is -0.306 e. The molecule has 14 heavy (non-hydrogen) atoms. The number of nitro benzene ring substituents is 1. The highest BCUT2D eigenvalue weighted by Gasteiger charge is 2.15. The standard InChI is InChI=1S/C7H6FNO4S/c8-6-2-1-5(4-14(12)13)7(3-6)9(10)11/h1-3H,4H2,(H,12,13). The molecule has 0 spiro atoms. The van der Waals surface area contributed by atoms with Crippen LogP contribution in [0.3, 0.4) is 0 Å². The highest BCUT2D eigenvalue weighted by atomic mass is 32.2. The average Bonchev–Trinajstić information content (AvgIpc) is 2.07. The molecule has 1 aromatic rings. The van der Waals surface area contributed by atoms with Crippen molar-refractivity contribution in [2.45, 2.75) is 5.75 Å². The lowest BCUT2D eigenvalue weighted by molar-refractivity contribution is -0.385. The number of nitrogens with zero attached hydrogens (tertiary/aromatic N) is 1. The van der Waals surface area contributed by atoms with Gasteiger partial charge in [-0.3, -0.25) is 10.1 Å². The van der Waals surface area contributed by atoms with Gasteiger partial charge in [0, 0.05) is 5.56 Å². The summed E-state index contributed by atoms with van der Waals surface area (Å²) in [6, 6.07) is 2.86. The normalized spacial score (nSPS) is 12.4. The molecule has 5 nitrogen and oxygen atoms in total. The van der Waals surface area contributed by atoms with Crippen LogP contribution in [0.2, 0.25) is 0 Å². The van der Waals surface area contributed by atoms with Crippen molar-refractivity contribution < 1.29 is 18.1 Å². The van der Waals surface area contributed by atoms with Crippen LogP contribution in [0, 0.1) is 15.9 Å². The molecule has 0 saturated heterocycles. The van der Waals surface area contributed by atoms with Crippen LogP contribution in [0.4, 0.5) is 10.1 Å². The van der Waals surface area contributed by atoms with Gasteiger partial charge >= 0.3 is 0 Å². The topological polar surface area (TPSA) is 80.4 Å². The predicted octanol–water partition coefficient (Wildman–Crippen LogP) is 1.46. The van der Waals surface area contributed by atoms with Gasteiger partial charge in [0.25, 0.3) is 5.69 Å². The predicted molar refractivity (Wildman–Crippen MR) is 47.5 cm³/mol. The summed E-state index contributed by atoms with van der Waals surface area (Å²) < 4.78 is 31.6. The lowest BCUT2D eigenvalue weighted by Gasteiger charge is -1.99. The fraction of sp³-hybridized carbons (Fsp3) is 0.143. The van der Waals surface area contributed by atoms with Crippen molar-refractivity contribution in [1.29, 1.82) is 0 Å². The third-order valence-corrected chi connectivity index (χ3v) is 2.08. The van der Waals surface area contributed by atoms with Crippen LogP contribution in [-0.2, 0) is 16.8 Å². The minimum atomic E-state index is -2.18. The van der Waals surface area contributed by atoms with Gasteiger partial charge in [-0.05, 0) is 12.1 Å². The Hall–Kier alpha value is -1.34. The molecule has 1 aromatic carbocycles. The van der Waals surface area contributed by atoms with Gasteiger partial charge in [0.2, 0.25) is 0 Å². The van der Waals surface area contributed by atoms with Crippen molar-refractivity contribution in [2.75, 3.05) is 0 Å². The Balaban J connectivity index is 3.14. The Morgan fingerprint density at radius 3 is 2.71 bits per heavy atom. The van der Waals surface area contributed by atoms with E-state index in [0.717, 1.165) is 18.2 Å². The first-order chi connectivity index (χ1) is 6.50. The first-order valence-corrected chi connectivity index (χ1v) is 4.78. The van der Waals surface area contributed by atoms with Crippen LogP contribution in [0.5, 0.6) is 0 Å². The van der Waals surface area contributed by atoms with E-state index in [1.54, 1.807) is 0 Å². The molecule has 1 rings (SSSR count). The maximum Gasteiger partial charge on any atom is 0.276 e. The molecule has 1 atom stereocenters. The Labute approximate surface area is 81.0 Å². The molecule has 76 valence electrons. The van der Waals surface area contributed by atoms with Gasteiger partial charge in [-0.2, -0.15) is 0 Å². The summed E-state index contributed by atoms with van der Waals surface area (Å²) in [5.74, 6) is -1.12. The van der Waals surface area contributed by atoms with Crippen LogP contribution < -0.4 is 0 Å². The van der Waals surface area contributed by atoms with Crippen molar-refractivity contribution in [1.82, 2.24) is 0 Å². The summed E-state index contributed by atoms with van der Waals surface area (Å²) in [6.07, 6.45) is 0. The Kier molecular flexibility index (Phi) is 3.26. The molecule has 0 radical (unpaired) electrons. The molecule has 0 saturated carbocycles. The second-order valence-corrected chi connectivity index (χ2v) is 3.43. The molecule has 0 aromatic heterocycles. The van der Waals surface area contributed by atoms with E-state index >= 15 is 0 Å². The summed E-state index contributed by atoms with van der Waals surface area (Å²) in [5.41, 5.74) is -0.440. The summed E-state index contributed by atoms with van der Waals surface area (Å²) >= 11 is -2.18. The first-order valence-electron chi connectivity index (χ1n) is 3.51. The second kappa shape index (κ2) is 4.25. The average molecular weight is 219 g/mol. The maximum atomic E-state index is 12.6. The van der Waals surface area contributed by atoms with Crippen molar-refractivity contribution in [3.63, 3.8) is 0 Å². The zero-order chi connectivity index (χ0) is 10.7. The maximum absolute atomic E-state index is 12.6. The molecule has 0 heterocycles. The Bertz CT molecular complexity index is 395. The molecule has 0 aliphatic rings. The van der Waals surface area contributed by atoms with Crippen LogP contribution >= 0.6 is 0 Å². The molecule has 0 bridgehead atoms. The first kappa shape index (κ1) is 10.7. The largest absolute Gasteiger partial charge is 0.306 e. The number of benzene rings is 1. The molecule has 1 N–H and O–H groups in total. The van der Waals surface area contributed by atoms with E-state index in [9.17, 15) is 18.7 Å². The zero-order valence-electron chi connectivity index (χ0n) is 6.84. The van der Waals surface area contributed by atoms with E-state index in [0.29, 0.717) is 0 Å². The number of rotatable bonds is 3. The van der Waals surface area contributed by atoms with E-state index in [4.69, 9.17) is 4.55 Å². The summed E-state index contributed by atoms with van der Waals surface area (Å²) in [5, 5.41) is 10.4. The van der Waals surface area contributed by atoms with Crippen molar-refractivity contribution in [3.05, 3.63) is 39.7 Å². The number of halogens is 1. The van der Waals surface area contributed by atoms with Crippen molar-refractivity contribution >= 4 is 16.8 Å². The van der Waals surface area contributed by atoms with E-state index in [1.807, 2.05) is 0 Å². The van der Waals surface area contributed by atoms with Gasteiger partial charge in [-0.15, -0.1) is 0 Å². The SMILES string of the molecule is O=[N+]([O-])c1cc(F)ccc1CS(=O)O. The molecule has 1 unspecified atom stereocenters. The zero-order valence-corrected chi connectivity index (χ0v) is 7.66. The fourth-order valence-corrected chi connectivity index (χ4v) is 1.47. The van der Waals surface area contributed by atoms with Gasteiger partial charge in [0.05, 0.1) is 16.7 Å². The number of hydrogen-bond donors (Lipinski definition) is 1. The van der Waals surface area contributed by atoms with Crippen molar-refractivity contribution in [2.24, 2.45) is 0 Å². The monoisotopic (exact) mass is 219 g/mol. The minimum absolute atomic E-state index is 0.0391. The quantitative estimate of drug-likeness (QED) is 0.474. The highest BCUT2D eigenvalue weighted by Crippen LogP contribution is 2.20. The van der Waals surface area contributed by atoms with Gasteiger partial charge in [0.1, 0.15) is 5.82 Å². The van der Waals surface area contributed by atoms with Gasteiger partial charge in [0.15, 0.2) is 11.1 Å².